The van der Waals surface area contributed by atoms with Crippen LogP contribution in [0.1, 0.15) is 24.8 Å². The fraction of sp³-hybridized carbons (Fsp3) is 0.300. The lowest BCUT2D eigenvalue weighted by Gasteiger charge is -2.30. The van der Waals surface area contributed by atoms with Crippen LogP contribution in [0.5, 0.6) is 0 Å². The molecule has 2 aliphatic heterocycles. The van der Waals surface area contributed by atoms with Crippen LogP contribution in [0.2, 0.25) is 0 Å². The molecule has 1 fully saturated rings. The first kappa shape index (κ1) is 15.1. The number of amides is 1. The molecule has 0 aromatic heterocycles. The number of carbonyl (C=O) groups is 1. The largest absolute Gasteiger partial charge is 0.293 e. The Balaban J connectivity index is 1.67. The Kier molecular flexibility index (Phi) is 4.13. The number of piperidine rings is 1. The lowest BCUT2D eigenvalue weighted by atomic mass is 10.1. The van der Waals surface area contributed by atoms with E-state index in [4.69, 9.17) is 0 Å². The number of benzene rings is 2. The highest BCUT2D eigenvalue weighted by Gasteiger charge is 2.34. The van der Waals surface area contributed by atoms with E-state index in [0.717, 1.165) is 30.0 Å². The highest BCUT2D eigenvalue weighted by atomic mass is 16.2. The van der Waals surface area contributed by atoms with E-state index in [9.17, 15) is 4.79 Å². The Morgan fingerprint density at radius 1 is 0.875 bits per heavy atom. The third-order valence-corrected chi connectivity index (χ3v) is 4.68. The molecule has 0 N–H and O–H groups in total. The molecule has 0 unspecified atom stereocenters. The van der Waals surface area contributed by atoms with Gasteiger partial charge in [-0.1, -0.05) is 42.8 Å². The Labute approximate surface area is 142 Å². The average molecular weight is 319 g/mol. The van der Waals surface area contributed by atoms with Crippen molar-refractivity contribution in [1.82, 2.24) is 4.90 Å². The highest BCUT2D eigenvalue weighted by Crippen LogP contribution is 2.31. The predicted molar refractivity (Wildman–Crippen MR) is 96.9 cm³/mol. The minimum atomic E-state index is 0.00521. The van der Waals surface area contributed by atoms with E-state index in [1.807, 2.05) is 59.5 Å². The number of aliphatic imine (C=N–C) groups is 1. The van der Waals surface area contributed by atoms with E-state index < -0.39 is 0 Å². The highest BCUT2D eigenvalue weighted by molar-refractivity contribution is 6.54. The van der Waals surface area contributed by atoms with Crippen molar-refractivity contribution in [3.8, 4) is 0 Å². The molecule has 2 aromatic rings. The molecular weight excluding hydrogens is 298 g/mol. The smallest absolute Gasteiger partial charge is 0.278 e. The van der Waals surface area contributed by atoms with E-state index in [1.54, 1.807) is 0 Å². The molecule has 4 rings (SSSR count). The first-order valence-electron chi connectivity index (χ1n) is 8.60. The van der Waals surface area contributed by atoms with E-state index >= 15 is 0 Å². The number of para-hydroxylation sites is 2. The van der Waals surface area contributed by atoms with Crippen molar-refractivity contribution in [3.05, 3.63) is 60.2 Å². The van der Waals surface area contributed by atoms with E-state index in [2.05, 4.69) is 9.89 Å². The Hall–Kier alpha value is -2.46. The second kappa shape index (κ2) is 6.57. The zero-order chi connectivity index (χ0) is 16.4. The first-order valence-corrected chi connectivity index (χ1v) is 8.60. The van der Waals surface area contributed by atoms with Gasteiger partial charge in [0.05, 0.1) is 18.0 Å². The SMILES string of the molecule is O=C1C(=Nc2ccccc2)c2ccccc2N1CN1CCCCC1. The van der Waals surface area contributed by atoms with Gasteiger partial charge in [-0.2, -0.15) is 0 Å². The van der Waals surface area contributed by atoms with Crippen LogP contribution in [0.3, 0.4) is 0 Å². The fourth-order valence-corrected chi connectivity index (χ4v) is 3.44. The van der Waals surface area contributed by atoms with Gasteiger partial charge in [0.1, 0.15) is 5.71 Å². The third kappa shape index (κ3) is 2.85. The number of fused-ring (bicyclic) bond motifs is 1. The topological polar surface area (TPSA) is 35.9 Å². The molecule has 0 atom stereocenters. The summed E-state index contributed by atoms with van der Waals surface area (Å²) < 4.78 is 0. The standard InChI is InChI=1S/C20H21N3O/c24-20-19(21-16-9-3-1-4-10-16)17-11-5-6-12-18(17)23(20)15-22-13-7-2-8-14-22/h1,3-6,9-12H,2,7-8,13-15H2. The van der Waals surface area contributed by atoms with Gasteiger partial charge >= 0.3 is 0 Å². The number of likely N-dealkylation sites (tertiary alicyclic amines) is 1. The van der Waals surface area contributed by atoms with Gasteiger partial charge in [0.2, 0.25) is 0 Å². The van der Waals surface area contributed by atoms with Gasteiger partial charge in [-0.15, -0.1) is 0 Å². The normalized spacial score (nSPS) is 19.8. The summed E-state index contributed by atoms with van der Waals surface area (Å²) in [7, 11) is 0. The number of carbonyl (C=O) groups excluding carboxylic acids is 1. The zero-order valence-electron chi connectivity index (χ0n) is 13.7. The lowest BCUT2D eigenvalue weighted by molar-refractivity contribution is -0.112. The molecule has 0 spiro atoms. The second-order valence-electron chi connectivity index (χ2n) is 6.37. The molecule has 0 bridgehead atoms. The molecule has 4 heteroatoms. The van der Waals surface area contributed by atoms with Crippen LogP contribution in [0, 0.1) is 0 Å². The molecule has 2 aliphatic rings. The number of hydrogen-bond donors (Lipinski definition) is 0. The molecule has 2 heterocycles. The van der Waals surface area contributed by atoms with Gasteiger partial charge in [0.25, 0.3) is 5.91 Å². The van der Waals surface area contributed by atoms with Gasteiger partial charge in [-0.25, -0.2) is 4.99 Å². The van der Waals surface area contributed by atoms with Gasteiger partial charge in [-0.3, -0.25) is 14.6 Å². The van der Waals surface area contributed by atoms with Crippen LogP contribution in [0.15, 0.2) is 59.6 Å². The summed E-state index contributed by atoms with van der Waals surface area (Å²) in [5.41, 5.74) is 3.27. The summed E-state index contributed by atoms with van der Waals surface area (Å²) >= 11 is 0. The Morgan fingerprint density at radius 2 is 1.58 bits per heavy atom. The van der Waals surface area contributed by atoms with Crippen LogP contribution in [0.4, 0.5) is 11.4 Å². The minimum Gasteiger partial charge on any atom is -0.293 e. The van der Waals surface area contributed by atoms with Crippen molar-refractivity contribution in [2.24, 2.45) is 4.99 Å². The van der Waals surface area contributed by atoms with E-state index in [-0.39, 0.29) is 5.91 Å². The van der Waals surface area contributed by atoms with Crippen LogP contribution in [-0.4, -0.2) is 36.3 Å². The van der Waals surface area contributed by atoms with Crippen LogP contribution >= 0.6 is 0 Å². The van der Waals surface area contributed by atoms with Crippen LogP contribution in [-0.2, 0) is 4.79 Å². The Bertz CT molecular complexity index is 763. The molecule has 122 valence electrons. The Morgan fingerprint density at radius 3 is 2.38 bits per heavy atom. The summed E-state index contributed by atoms with van der Waals surface area (Å²) in [4.78, 5) is 21.9. The quantitative estimate of drug-likeness (QED) is 0.866. The number of nitrogens with zero attached hydrogens (tertiary/aromatic N) is 3. The van der Waals surface area contributed by atoms with Crippen LogP contribution < -0.4 is 4.90 Å². The maximum atomic E-state index is 13.0. The van der Waals surface area contributed by atoms with Crippen molar-refractivity contribution in [3.63, 3.8) is 0 Å². The van der Waals surface area contributed by atoms with Gasteiger partial charge in [-0.05, 0) is 44.1 Å². The maximum Gasteiger partial charge on any atom is 0.278 e. The summed E-state index contributed by atoms with van der Waals surface area (Å²) in [6.45, 7) is 2.79. The van der Waals surface area contributed by atoms with Crippen molar-refractivity contribution < 1.29 is 4.79 Å². The molecule has 1 saturated heterocycles. The first-order chi connectivity index (χ1) is 11.8. The third-order valence-electron chi connectivity index (χ3n) is 4.68. The average Bonchev–Trinajstić information content (AvgIpc) is 2.90. The number of hydrogen-bond acceptors (Lipinski definition) is 3. The van der Waals surface area contributed by atoms with Crippen LogP contribution in [0.25, 0.3) is 0 Å². The molecule has 24 heavy (non-hydrogen) atoms. The summed E-state index contributed by atoms with van der Waals surface area (Å²) in [5.74, 6) is 0.00521. The summed E-state index contributed by atoms with van der Waals surface area (Å²) in [6, 6.07) is 17.7. The van der Waals surface area contributed by atoms with Gasteiger partial charge in [0, 0.05) is 5.56 Å². The van der Waals surface area contributed by atoms with E-state index in [1.165, 1.54) is 19.3 Å². The van der Waals surface area contributed by atoms with Crippen molar-refractivity contribution in [1.29, 1.82) is 0 Å². The minimum absolute atomic E-state index is 0.00521. The van der Waals surface area contributed by atoms with Crippen molar-refractivity contribution in [2.75, 3.05) is 24.7 Å². The molecule has 0 saturated carbocycles. The molecular formula is C20H21N3O. The van der Waals surface area contributed by atoms with Crippen molar-refractivity contribution >= 4 is 23.0 Å². The zero-order valence-corrected chi connectivity index (χ0v) is 13.7. The molecule has 4 nitrogen and oxygen atoms in total. The maximum absolute atomic E-state index is 13.0. The predicted octanol–water partition coefficient (Wildman–Crippen LogP) is 3.60. The van der Waals surface area contributed by atoms with Crippen molar-refractivity contribution in [2.45, 2.75) is 19.3 Å². The van der Waals surface area contributed by atoms with Gasteiger partial charge in [0.15, 0.2) is 0 Å². The monoisotopic (exact) mass is 319 g/mol. The summed E-state index contributed by atoms with van der Waals surface area (Å²) in [5, 5.41) is 0. The molecule has 2 aromatic carbocycles. The number of anilines is 1. The molecule has 1 amide bonds. The molecule has 0 radical (unpaired) electrons. The van der Waals surface area contributed by atoms with Gasteiger partial charge < -0.3 is 0 Å². The fourth-order valence-electron chi connectivity index (χ4n) is 3.44. The second-order valence-corrected chi connectivity index (χ2v) is 6.37. The molecule has 0 aliphatic carbocycles. The lowest BCUT2D eigenvalue weighted by Crippen LogP contribution is -2.43. The number of rotatable bonds is 3. The van der Waals surface area contributed by atoms with E-state index in [0.29, 0.717) is 12.4 Å². The summed E-state index contributed by atoms with van der Waals surface area (Å²) in [6.07, 6.45) is 3.73.